The van der Waals surface area contributed by atoms with Crippen molar-refractivity contribution < 1.29 is 9.59 Å². The maximum Gasteiger partial charge on any atom is 0.262 e. The summed E-state index contributed by atoms with van der Waals surface area (Å²) in [5.41, 5.74) is 0.721. The van der Waals surface area contributed by atoms with E-state index < -0.39 is 6.04 Å². The Morgan fingerprint density at radius 1 is 1.20 bits per heavy atom. The lowest BCUT2D eigenvalue weighted by Crippen LogP contribution is -2.49. The van der Waals surface area contributed by atoms with Crippen molar-refractivity contribution in [1.82, 2.24) is 25.2 Å². The Labute approximate surface area is 149 Å². The molecule has 3 heterocycles. The van der Waals surface area contributed by atoms with Crippen molar-refractivity contribution in [2.45, 2.75) is 26.4 Å². The molecule has 8 heteroatoms. The largest absolute Gasteiger partial charge is 0.347 e. The summed E-state index contributed by atoms with van der Waals surface area (Å²) in [7, 11) is 0. The van der Waals surface area contributed by atoms with Gasteiger partial charge in [-0.1, -0.05) is 26.0 Å². The number of pyridine rings is 1. The van der Waals surface area contributed by atoms with Crippen LogP contribution in [0.25, 0.3) is 5.65 Å². The van der Waals surface area contributed by atoms with Crippen LogP contribution in [0.1, 0.15) is 29.3 Å². The molecule has 0 unspecified atom stereocenters. The molecule has 3 rings (SSSR count). The van der Waals surface area contributed by atoms with Gasteiger partial charge in [-0.05, 0) is 29.5 Å². The number of thiophene rings is 1. The molecule has 130 valence electrons. The lowest BCUT2D eigenvalue weighted by atomic mass is 10.0. The van der Waals surface area contributed by atoms with E-state index >= 15 is 0 Å². The van der Waals surface area contributed by atoms with E-state index in [-0.39, 0.29) is 24.3 Å². The van der Waals surface area contributed by atoms with Gasteiger partial charge in [-0.2, -0.15) is 0 Å². The molecule has 0 aromatic carbocycles. The fraction of sp³-hybridized carbons (Fsp3) is 0.294. The predicted octanol–water partition coefficient (Wildman–Crippen LogP) is 1.86. The van der Waals surface area contributed by atoms with Crippen LogP contribution >= 0.6 is 11.3 Å². The van der Waals surface area contributed by atoms with Crippen molar-refractivity contribution in [3.05, 3.63) is 52.6 Å². The second kappa shape index (κ2) is 7.43. The second-order valence-electron chi connectivity index (χ2n) is 5.94. The number of carbonyl (C=O) groups is 2. The highest BCUT2D eigenvalue weighted by atomic mass is 32.1. The number of fused-ring (bicyclic) bond motifs is 1. The third-order valence-electron chi connectivity index (χ3n) is 3.79. The molecule has 0 fully saturated rings. The molecule has 0 spiro atoms. The fourth-order valence-corrected chi connectivity index (χ4v) is 3.07. The van der Waals surface area contributed by atoms with E-state index in [1.54, 1.807) is 12.1 Å². The lowest BCUT2D eigenvalue weighted by molar-refractivity contribution is -0.124. The molecule has 3 aromatic rings. The van der Waals surface area contributed by atoms with Crippen LogP contribution in [0.3, 0.4) is 0 Å². The van der Waals surface area contributed by atoms with E-state index in [1.165, 1.54) is 11.3 Å². The van der Waals surface area contributed by atoms with Gasteiger partial charge in [-0.25, -0.2) is 0 Å². The Morgan fingerprint density at radius 2 is 2.04 bits per heavy atom. The van der Waals surface area contributed by atoms with E-state index in [1.807, 2.05) is 48.0 Å². The Bertz CT molecular complexity index is 872. The molecule has 0 aliphatic heterocycles. The molecule has 0 bridgehead atoms. The molecular formula is C17H19N5O2S. The molecule has 25 heavy (non-hydrogen) atoms. The molecule has 2 N–H and O–H groups in total. The zero-order valence-electron chi connectivity index (χ0n) is 14.0. The number of rotatable bonds is 6. The normalized spacial score (nSPS) is 12.3. The van der Waals surface area contributed by atoms with Gasteiger partial charge in [-0.3, -0.25) is 14.0 Å². The highest BCUT2D eigenvalue weighted by Crippen LogP contribution is 2.10. The summed E-state index contributed by atoms with van der Waals surface area (Å²) in [4.78, 5) is 25.4. The van der Waals surface area contributed by atoms with Crippen LogP contribution in [-0.4, -0.2) is 32.5 Å². The van der Waals surface area contributed by atoms with Crippen LogP contribution in [0.4, 0.5) is 0 Å². The van der Waals surface area contributed by atoms with Gasteiger partial charge in [-0.15, -0.1) is 21.5 Å². The van der Waals surface area contributed by atoms with Crippen molar-refractivity contribution >= 4 is 28.8 Å². The van der Waals surface area contributed by atoms with Gasteiger partial charge in [0.1, 0.15) is 6.04 Å². The minimum Gasteiger partial charge on any atom is -0.347 e. The first kappa shape index (κ1) is 17.1. The minimum absolute atomic E-state index is 0.0425. The number of aromatic nitrogens is 3. The molecular weight excluding hydrogens is 338 g/mol. The van der Waals surface area contributed by atoms with E-state index in [2.05, 4.69) is 20.8 Å². The van der Waals surface area contributed by atoms with Crippen molar-refractivity contribution in [3.63, 3.8) is 0 Å². The summed E-state index contributed by atoms with van der Waals surface area (Å²) in [5, 5.41) is 15.6. The molecule has 0 aliphatic carbocycles. The third-order valence-corrected chi connectivity index (χ3v) is 4.65. The van der Waals surface area contributed by atoms with Crippen LogP contribution in [0.2, 0.25) is 0 Å². The summed E-state index contributed by atoms with van der Waals surface area (Å²) in [6.45, 7) is 4.03. The fourth-order valence-electron chi connectivity index (χ4n) is 2.44. The lowest BCUT2D eigenvalue weighted by Gasteiger charge is -2.21. The number of hydrogen-bond donors (Lipinski definition) is 2. The summed E-state index contributed by atoms with van der Waals surface area (Å²) in [6, 6.07) is 8.52. The molecule has 7 nitrogen and oxygen atoms in total. The van der Waals surface area contributed by atoms with Crippen molar-refractivity contribution in [2.75, 3.05) is 0 Å². The van der Waals surface area contributed by atoms with Crippen molar-refractivity contribution in [2.24, 2.45) is 5.92 Å². The number of amides is 2. The number of carbonyl (C=O) groups excluding carboxylic acids is 2. The maximum absolute atomic E-state index is 12.5. The Balaban J connectivity index is 1.66. The van der Waals surface area contributed by atoms with Gasteiger partial charge < -0.3 is 10.6 Å². The minimum atomic E-state index is -0.617. The summed E-state index contributed by atoms with van der Waals surface area (Å²) >= 11 is 1.34. The molecule has 0 aliphatic rings. The molecule has 0 saturated heterocycles. The van der Waals surface area contributed by atoms with Crippen LogP contribution in [-0.2, 0) is 11.3 Å². The average molecular weight is 357 g/mol. The third kappa shape index (κ3) is 3.85. The van der Waals surface area contributed by atoms with Gasteiger partial charge in [0.25, 0.3) is 5.91 Å². The summed E-state index contributed by atoms with van der Waals surface area (Å²) in [6.07, 6.45) is 1.84. The SMILES string of the molecule is CC(C)[C@@H](NC(=O)c1cccs1)C(=O)NCc1nnc2ccccn12. The standard InChI is InChI=1S/C17H19N5O2S/c1-11(2)15(19-16(23)12-6-5-9-25-12)17(24)18-10-14-21-20-13-7-3-4-8-22(13)14/h3-9,11,15H,10H2,1-2H3,(H,18,24)(H,19,23)/t15-/m1/s1. The summed E-state index contributed by atoms with van der Waals surface area (Å²) in [5.74, 6) is 0.111. The van der Waals surface area contributed by atoms with Crippen molar-refractivity contribution in [3.8, 4) is 0 Å². The van der Waals surface area contributed by atoms with E-state index in [4.69, 9.17) is 0 Å². The predicted molar refractivity (Wildman–Crippen MR) is 95.2 cm³/mol. The first-order chi connectivity index (χ1) is 12.1. The number of hydrogen-bond acceptors (Lipinski definition) is 5. The highest BCUT2D eigenvalue weighted by molar-refractivity contribution is 7.12. The molecule has 1 atom stereocenters. The molecule has 3 aromatic heterocycles. The highest BCUT2D eigenvalue weighted by Gasteiger charge is 2.25. The van der Waals surface area contributed by atoms with Gasteiger partial charge in [0.15, 0.2) is 11.5 Å². The summed E-state index contributed by atoms with van der Waals surface area (Å²) < 4.78 is 1.81. The topological polar surface area (TPSA) is 88.4 Å². The van der Waals surface area contributed by atoms with Crippen LogP contribution in [0, 0.1) is 5.92 Å². The molecule has 0 saturated carbocycles. The first-order valence-corrected chi connectivity index (χ1v) is 8.85. The number of nitrogens with zero attached hydrogens (tertiary/aromatic N) is 3. The van der Waals surface area contributed by atoms with Gasteiger partial charge in [0.2, 0.25) is 5.91 Å². The zero-order chi connectivity index (χ0) is 17.8. The van der Waals surface area contributed by atoms with Crippen LogP contribution in [0.5, 0.6) is 0 Å². The van der Waals surface area contributed by atoms with Crippen molar-refractivity contribution in [1.29, 1.82) is 0 Å². The average Bonchev–Trinajstić information content (AvgIpc) is 3.27. The second-order valence-corrected chi connectivity index (χ2v) is 6.88. The monoisotopic (exact) mass is 357 g/mol. The Kier molecular flexibility index (Phi) is 5.08. The van der Waals surface area contributed by atoms with Crippen LogP contribution < -0.4 is 10.6 Å². The van der Waals surface area contributed by atoms with Crippen LogP contribution in [0.15, 0.2) is 41.9 Å². The maximum atomic E-state index is 12.5. The molecule has 0 radical (unpaired) electrons. The van der Waals surface area contributed by atoms with Gasteiger partial charge in [0, 0.05) is 6.20 Å². The van der Waals surface area contributed by atoms with E-state index in [9.17, 15) is 9.59 Å². The Morgan fingerprint density at radius 3 is 2.76 bits per heavy atom. The number of nitrogens with one attached hydrogen (secondary N) is 2. The smallest absolute Gasteiger partial charge is 0.262 e. The first-order valence-electron chi connectivity index (χ1n) is 7.97. The Hall–Kier alpha value is -2.74. The van der Waals surface area contributed by atoms with E-state index in [0.29, 0.717) is 10.7 Å². The van der Waals surface area contributed by atoms with Gasteiger partial charge >= 0.3 is 0 Å². The quantitative estimate of drug-likeness (QED) is 0.705. The van der Waals surface area contributed by atoms with E-state index in [0.717, 1.165) is 5.65 Å². The van der Waals surface area contributed by atoms with Gasteiger partial charge in [0.05, 0.1) is 11.4 Å². The molecule has 2 amide bonds. The zero-order valence-corrected chi connectivity index (χ0v) is 14.8.